The van der Waals surface area contributed by atoms with Crippen LogP contribution in [0.1, 0.15) is 24.1 Å². The van der Waals surface area contributed by atoms with Gasteiger partial charge in [-0.05, 0) is 19.3 Å². The van der Waals surface area contributed by atoms with Gasteiger partial charge in [-0.25, -0.2) is 4.98 Å². The molecule has 0 spiro atoms. The molecular weight excluding hydrogens is 322 g/mol. The second kappa shape index (κ2) is 8.27. The SMILES string of the molecule is CN(C)c1ncc(CN2CCN(CC(=O)N3CCCCC3)CC2)s1. The Hall–Kier alpha value is -1.18. The van der Waals surface area contributed by atoms with Crippen molar-refractivity contribution < 1.29 is 4.79 Å². The van der Waals surface area contributed by atoms with Crippen molar-refractivity contribution in [1.29, 1.82) is 0 Å². The standard InChI is InChI=1S/C17H29N5OS/c1-19(2)17-18-12-15(24-17)13-20-8-10-21(11-9-20)14-16(23)22-6-4-3-5-7-22/h12H,3-11,13-14H2,1-2H3. The van der Waals surface area contributed by atoms with E-state index in [0.717, 1.165) is 50.9 Å². The van der Waals surface area contributed by atoms with E-state index in [2.05, 4.69) is 24.6 Å². The zero-order valence-corrected chi connectivity index (χ0v) is 15.7. The third-order valence-corrected chi connectivity index (χ3v) is 5.99. The van der Waals surface area contributed by atoms with E-state index in [0.29, 0.717) is 12.5 Å². The number of piperidine rings is 1. The van der Waals surface area contributed by atoms with Gasteiger partial charge in [0.25, 0.3) is 0 Å². The van der Waals surface area contributed by atoms with E-state index < -0.39 is 0 Å². The molecule has 1 aromatic rings. The van der Waals surface area contributed by atoms with Crippen LogP contribution in [0.15, 0.2) is 6.20 Å². The highest BCUT2D eigenvalue weighted by Gasteiger charge is 2.23. The van der Waals surface area contributed by atoms with Crippen molar-refractivity contribution in [3.05, 3.63) is 11.1 Å². The summed E-state index contributed by atoms with van der Waals surface area (Å²) in [5.41, 5.74) is 0. The lowest BCUT2D eigenvalue weighted by atomic mass is 10.1. The van der Waals surface area contributed by atoms with Crippen LogP contribution in [0.4, 0.5) is 5.13 Å². The van der Waals surface area contributed by atoms with Crippen LogP contribution in [0.3, 0.4) is 0 Å². The van der Waals surface area contributed by atoms with E-state index in [-0.39, 0.29) is 0 Å². The Morgan fingerprint density at radius 1 is 1.08 bits per heavy atom. The topological polar surface area (TPSA) is 42.9 Å². The lowest BCUT2D eigenvalue weighted by Gasteiger charge is -2.35. The van der Waals surface area contributed by atoms with Crippen LogP contribution in [0, 0.1) is 0 Å². The number of hydrogen-bond donors (Lipinski definition) is 0. The van der Waals surface area contributed by atoms with Crippen molar-refractivity contribution in [2.75, 3.05) is 64.8 Å². The van der Waals surface area contributed by atoms with Crippen molar-refractivity contribution >= 4 is 22.4 Å². The maximum absolute atomic E-state index is 12.4. The molecule has 0 N–H and O–H groups in total. The minimum absolute atomic E-state index is 0.321. The van der Waals surface area contributed by atoms with Gasteiger partial charge in [0.1, 0.15) is 0 Å². The van der Waals surface area contributed by atoms with Gasteiger partial charge in [-0.1, -0.05) is 0 Å². The first-order valence-electron chi connectivity index (χ1n) is 8.96. The number of amides is 1. The van der Waals surface area contributed by atoms with Gasteiger partial charge in [0.2, 0.25) is 5.91 Å². The third-order valence-electron chi connectivity index (χ3n) is 4.84. The average molecular weight is 352 g/mol. The van der Waals surface area contributed by atoms with Crippen LogP contribution < -0.4 is 4.90 Å². The minimum Gasteiger partial charge on any atom is -0.354 e. The zero-order valence-electron chi connectivity index (χ0n) is 14.9. The molecule has 0 bridgehead atoms. The number of thiazole rings is 1. The van der Waals surface area contributed by atoms with Gasteiger partial charge >= 0.3 is 0 Å². The molecule has 3 heterocycles. The molecule has 0 radical (unpaired) electrons. The monoisotopic (exact) mass is 351 g/mol. The maximum Gasteiger partial charge on any atom is 0.236 e. The molecule has 0 aliphatic carbocycles. The number of carbonyl (C=O) groups is 1. The highest BCUT2D eigenvalue weighted by atomic mass is 32.1. The van der Waals surface area contributed by atoms with E-state index in [1.165, 1.54) is 24.1 Å². The van der Waals surface area contributed by atoms with E-state index in [1.807, 2.05) is 20.3 Å². The summed E-state index contributed by atoms with van der Waals surface area (Å²) >= 11 is 1.76. The quantitative estimate of drug-likeness (QED) is 0.801. The van der Waals surface area contributed by atoms with Crippen molar-refractivity contribution in [2.45, 2.75) is 25.8 Å². The Balaban J connectivity index is 1.41. The number of aromatic nitrogens is 1. The minimum atomic E-state index is 0.321. The normalized spacial score (nSPS) is 20.3. The molecule has 2 aliphatic heterocycles. The molecule has 2 saturated heterocycles. The smallest absolute Gasteiger partial charge is 0.236 e. The van der Waals surface area contributed by atoms with E-state index >= 15 is 0 Å². The first-order valence-corrected chi connectivity index (χ1v) is 9.78. The molecule has 134 valence electrons. The fraction of sp³-hybridized carbons (Fsp3) is 0.765. The van der Waals surface area contributed by atoms with Crippen LogP contribution in [0.25, 0.3) is 0 Å². The van der Waals surface area contributed by atoms with Crippen molar-refractivity contribution in [3.8, 4) is 0 Å². The van der Waals surface area contributed by atoms with Crippen LogP contribution in [-0.4, -0.2) is 85.5 Å². The average Bonchev–Trinajstić information content (AvgIpc) is 3.06. The van der Waals surface area contributed by atoms with Gasteiger partial charge in [-0.15, -0.1) is 11.3 Å². The predicted octanol–water partition coefficient (Wildman–Crippen LogP) is 1.34. The highest BCUT2D eigenvalue weighted by Crippen LogP contribution is 2.22. The van der Waals surface area contributed by atoms with Gasteiger partial charge < -0.3 is 9.80 Å². The molecule has 0 saturated carbocycles. The lowest BCUT2D eigenvalue weighted by molar-refractivity contribution is -0.133. The number of nitrogens with zero attached hydrogens (tertiary/aromatic N) is 5. The summed E-state index contributed by atoms with van der Waals surface area (Å²) < 4.78 is 0. The highest BCUT2D eigenvalue weighted by molar-refractivity contribution is 7.15. The van der Waals surface area contributed by atoms with Crippen LogP contribution in [0.5, 0.6) is 0 Å². The second-order valence-corrected chi connectivity index (χ2v) is 8.09. The lowest BCUT2D eigenvalue weighted by Crippen LogP contribution is -2.50. The summed E-state index contributed by atoms with van der Waals surface area (Å²) in [6, 6.07) is 0. The van der Waals surface area contributed by atoms with Crippen molar-refractivity contribution in [1.82, 2.24) is 19.7 Å². The molecule has 7 heteroatoms. The summed E-state index contributed by atoms with van der Waals surface area (Å²) in [5, 5.41) is 1.07. The molecule has 3 rings (SSSR count). The molecule has 24 heavy (non-hydrogen) atoms. The zero-order chi connectivity index (χ0) is 16.9. The largest absolute Gasteiger partial charge is 0.354 e. The molecule has 0 unspecified atom stereocenters. The van der Waals surface area contributed by atoms with E-state index in [9.17, 15) is 4.79 Å². The molecule has 1 amide bonds. The first kappa shape index (κ1) is 17.6. The van der Waals surface area contributed by atoms with Crippen LogP contribution in [0.2, 0.25) is 0 Å². The van der Waals surface area contributed by atoms with Crippen LogP contribution in [-0.2, 0) is 11.3 Å². The molecular formula is C17H29N5OS. The second-order valence-electron chi connectivity index (χ2n) is 7.00. The molecule has 0 aromatic carbocycles. The fourth-order valence-corrected chi connectivity index (χ4v) is 4.21. The number of rotatable bonds is 5. The maximum atomic E-state index is 12.4. The summed E-state index contributed by atoms with van der Waals surface area (Å²) in [7, 11) is 4.06. The summed E-state index contributed by atoms with van der Waals surface area (Å²) in [5.74, 6) is 0.321. The van der Waals surface area contributed by atoms with Gasteiger partial charge in [-0.3, -0.25) is 14.6 Å². The Morgan fingerprint density at radius 3 is 2.38 bits per heavy atom. The Labute approximate surface area is 149 Å². The summed E-state index contributed by atoms with van der Waals surface area (Å²) in [6.07, 6.45) is 5.61. The Morgan fingerprint density at radius 2 is 1.75 bits per heavy atom. The fourth-order valence-electron chi connectivity index (χ4n) is 3.34. The first-order chi connectivity index (χ1) is 11.6. The molecule has 6 nitrogen and oxygen atoms in total. The molecule has 2 aliphatic rings. The van der Waals surface area contributed by atoms with Crippen molar-refractivity contribution in [2.24, 2.45) is 0 Å². The number of carbonyl (C=O) groups excluding carboxylic acids is 1. The number of piperazine rings is 1. The van der Waals surface area contributed by atoms with Crippen molar-refractivity contribution in [3.63, 3.8) is 0 Å². The molecule has 1 aromatic heterocycles. The van der Waals surface area contributed by atoms with Crippen LogP contribution >= 0.6 is 11.3 Å². The van der Waals surface area contributed by atoms with Gasteiger partial charge in [0.05, 0.1) is 6.54 Å². The van der Waals surface area contributed by atoms with Gasteiger partial charge in [0, 0.05) is 71.0 Å². The Kier molecular flexibility index (Phi) is 6.08. The number of anilines is 1. The third kappa shape index (κ3) is 4.68. The Bertz CT molecular complexity index is 533. The number of likely N-dealkylation sites (tertiary alicyclic amines) is 1. The molecule has 2 fully saturated rings. The van der Waals surface area contributed by atoms with E-state index in [4.69, 9.17) is 0 Å². The number of hydrogen-bond acceptors (Lipinski definition) is 6. The predicted molar refractivity (Wildman–Crippen MR) is 98.6 cm³/mol. The summed E-state index contributed by atoms with van der Waals surface area (Å²) in [6.45, 7) is 7.51. The van der Waals surface area contributed by atoms with Gasteiger partial charge in [-0.2, -0.15) is 0 Å². The summed E-state index contributed by atoms with van der Waals surface area (Å²) in [4.78, 5) is 27.0. The van der Waals surface area contributed by atoms with Gasteiger partial charge in [0.15, 0.2) is 5.13 Å². The van der Waals surface area contributed by atoms with E-state index in [1.54, 1.807) is 11.3 Å². The molecule has 0 atom stereocenters.